The van der Waals surface area contributed by atoms with E-state index in [-0.39, 0.29) is 30.6 Å². The first-order valence-corrected chi connectivity index (χ1v) is 12.1. The zero-order valence-electron chi connectivity index (χ0n) is 20.3. The molecular formula is C26H28F3N5O3. The van der Waals surface area contributed by atoms with Gasteiger partial charge in [-0.25, -0.2) is 14.8 Å². The molecule has 196 valence electrons. The minimum Gasteiger partial charge on any atom is -0.465 e. The highest BCUT2D eigenvalue weighted by Gasteiger charge is 2.33. The quantitative estimate of drug-likeness (QED) is 0.443. The van der Waals surface area contributed by atoms with Crippen LogP contribution in [0, 0.1) is 5.92 Å². The van der Waals surface area contributed by atoms with Gasteiger partial charge in [-0.15, -0.1) is 0 Å². The molecule has 2 amide bonds. The SMILES string of the molecule is CCOC(=O)CNC(=O)N1CCC(CNc2ncc(-c3ccccc3)c3nc(C(F)(F)F)ccc23)CC1. The summed E-state index contributed by atoms with van der Waals surface area (Å²) in [6.07, 6.45) is -1.55. The number of ether oxygens (including phenoxy) is 1. The molecule has 1 aromatic carbocycles. The van der Waals surface area contributed by atoms with Crippen LogP contribution in [0.5, 0.6) is 0 Å². The molecule has 0 unspecified atom stereocenters. The van der Waals surface area contributed by atoms with Crippen molar-refractivity contribution >= 4 is 28.7 Å². The number of nitrogens with zero attached hydrogens (tertiary/aromatic N) is 3. The Hall–Kier alpha value is -3.89. The van der Waals surface area contributed by atoms with E-state index in [0.717, 1.165) is 24.5 Å². The predicted molar refractivity (Wildman–Crippen MR) is 133 cm³/mol. The number of hydrogen-bond donors (Lipinski definition) is 2. The molecule has 1 aliphatic heterocycles. The van der Waals surface area contributed by atoms with Crippen LogP contribution in [-0.4, -0.2) is 59.7 Å². The van der Waals surface area contributed by atoms with Gasteiger partial charge in [0.05, 0.1) is 12.1 Å². The molecule has 4 rings (SSSR count). The first-order valence-electron chi connectivity index (χ1n) is 12.1. The summed E-state index contributed by atoms with van der Waals surface area (Å²) in [5, 5.41) is 6.35. The Labute approximate surface area is 212 Å². The number of likely N-dealkylation sites (tertiary alicyclic amines) is 1. The summed E-state index contributed by atoms with van der Waals surface area (Å²) in [5.41, 5.74) is 0.524. The van der Waals surface area contributed by atoms with Crippen molar-refractivity contribution in [3.63, 3.8) is 0 Å². The van der Waals surface area contributed by atoms with E-state index >= 15 is 0 Å². The summed E-state index contributed by atoms with van der Waals surface area (Å²) >= 11 is 0. The summed E-state index contributed by atoms with van der Waals surface area (Å²) in [6, 6.07) is 11.1. The molecule has 1 saturated heterocycles. The number of carbonyl (C=O) groups excluding carboxylic acids is 2. The fraction of sp³-hybridized carbons (Fsp3) is 0.385. The van der Waals surface area contributed by atoms with Crippen molar-refractivity contribution < 1.29 is 27.5 Å². The van der Waals surface area contributed by atoms with E-state index in [1.165, 1.54) is 6.07 Å². The Bertz CT molecular complexity index is 1250. The summed E-state index contributed by atoms with van der Waals surface area (Å²) in [6.45, 7) is 3.38. The number of amides is 2. The predicted octanol–water partition coefficient (Wildman–Crippen LogP) is 4.71. The van der Waals surface area contributed by atoms with E-state index in [0.29, 0.717) is 36.4 Å². The molecule has 37 heavy (non-hydrogen) atoms. The van der Waals surface area contributed by atoms with Crippen LogP contribution in [-0.2, 0) is 15.7 Å². The molecule has 0 saturated carbocycles. The van der Waals surface area contributed by atoms with Gasteiger partial charge < -0.3 is 20.3 Å². The lowest BCUT2D eigenvalue weighted by Gasteiger charge is -2.32. The molecule has 0 aliphatic carbocycles. The molecular weight excluding hydrogens is 487 g/mol. The molecule has 8 nitrogen and oxygen atoms in total. The van der Waals surface area contributed by atoms with Gasteiger partial charge in [0.1, 0.15) is 18.1 Å². The van der Waals surface area contributed by atoms with Crippen molar-refractivity contribution in [1.29, 1.82) is 0 Å². The summed E-state index contributed by atoms with van der Waals surface area (Å²) in [4.78, 5) is 33.8. The maximum atomic E-state index is 13.4. The third kappa shape index (κ3) is 6.46. The van der Waals surface area contributed by atoms with Crippen molar-refractivity contribution in [3.05, 3.63) is 54.4 Å². The Balaban J connectivity index is 1.43. The zero-order valence-corrected chi connectivity index (χ0v) is 20.3. The van der Waals surface area contributed by atoms with E-state index in [1.807, 2.05) is 30.3 Å². The Morgan fingerprint density at radius 1 is 1.11 bits per heavy atom. The molecule has 11 heteroatoms. The Morgan fingerprint density at radius 3 is 2.51 bits per heavy atom. The van der Waals surface area contributed by atoms with Crippen molar-refractivity contribution in [2.75, 3.05) is 38.1 Å². The average molecular weight is 516 g/mol. The van der Waals surface area contributed by atoms with Gasteiger partial charge in [-0.2, -0.15) is 13.2 Å². The van der Waals surface area contributed by atoms with Crippen LogP contribution in [0.2, 0.25) is 0 Å². The van der Waals surface area contributed by atoms with E-state index in [2.05, 4.69) is 20.6 Å². The highest BCUT2D eigenvalue weighted by molar-refractivity contribution is 5.99. The highest BCUT2D eigenvalue weighted by atomic mass is 19.4. The first kappa shape index (κ1) is 26.2. The third-order valence-electron chi connectivity index (χ3n) is 6.25. The lowest BCUT2D eigenvalue weighted by atomic mass is 9.97. The number of nitrogens with one attached hydrogen (secondary N) is 2. The van der Waals surface area contributed by atoms with Crippen LogP contribution in [0.1, 0.15) is 25.5 Å². The van der Waals surface area contributed by atoms with E-state index < -0.39 is 17.8 Å². The molecule has 0 atom stereocenters. The van der Waals surface area contributed by atoms with Crippen LogP contribution < -0.4 is 10.6 Å². The number of anilines is 1. The third-order valence-corrected chi connectivity index (χ3v) is 6.25. The van der Waals surface area contributed by atoms with Crippen molar-refractivity contribution in [2.24, 2.45) is 5.92 Å². The molecule has 1 aliphatic rings. The molecule has 0 spiro atoms. The van der Waals surface area contributed by atoms with Gasteiger partial charge in [-0.05, 0) is 43.4 Å². The second-order valence-corrected chi connectivity index (χ2v) is 8.75. The fourth-order valence-electron chi connectivity index (χ4n) is 4.30. The molecule has 3 heterocycles. The number of esters is 1. The molecule has 0 radical (unpaired) electrons. The lowest BCUT2D eigenvalue weighted by Crippen LogP contribution is -2.46. The fourth-order valence-corrected chi connectivity index (χ4v) is 4.30. The maximum Gasteiger partial charge on any atom is 0.433 e. The lowest BCUT2D eigenvalue weighted by molar-refractivity contribution is -0.142. The second-order valence-electron chi connectivity index (χ2n) is 8.75. The molecule has 0 bridgehead atoms. The van der Waals surface area contributed by atoms with Gasteiger partial charge in [-0.3, -0.25) is 4.79 Å². The van der Waals surface area contributed by atoms with Crippen LogP contribution in [0.15, 0.2) is 48.7 Å². The van der Waals surface area contributed by atoms with Crippen LogP contribution in [0.25, 0.3) is 22.0 Å². The van der Waals surface area contributed by atoms with Gasteiger partial charge in [0.15, 0.2) is 0 Å². The second kappa shape index (κ2) is 11.4. The largest absolute Gasteiger partial charge is 0.465 e. The number of benzene rings is 1. The van der Waals surface area contributed by atoms with Gasteiger partial charge in [-0.1, -0.05) is 30.3 Å². The van der Waals surface area contributed by atoms with Crippen molar-refractivity contribution in [3.8, 4) is 11.1 Å². The number of rotatable bonds is 7. The zero-order chi connectivity index (χ0) is 26.4. The number of urea groups is 1. The van der Waals surface area contributed by atoms with Gasteiger partial charge >= 0.3 is 18.2 Å². The number of carbonyl (C=O) groups is 2. The molecule has 2 aromatic heterocycles. The number of alkyl halides is 3. The average Bonchev–Trinajstić information content (AvgIpc) is 2.90. The Kier molecular flexibility index (Phi) is 8.10. The van der Waals surface area contributed by atoms with Crippen molar-refractivity contribution in [2.45, 2.75) is 25.9 Å². The summed E-state index contributed by atoms with van der Waals surface area (Å²) < 4.78 is 45.0. The number of pyridine rings is 2. The molecule has 1 fully saturated rings. The summed E-state index contributed by atoms with van der Waals surface area (Å²) in [5.74, 6) is 0.220. The van der Waals surface area contributed by atoms with Crippen LogP contribution >= 0.6 is 0 Å². The van der Waals surface area contributed by atoms with Gasteiger partial charge in [0.2, 0.25) is 0 Å². The van der Waals surface area contributed by atoms with E-state index in [1.54, 1.807) is 18.0 Å². The smallest absolute Gasteiger partial charge is 0.433 e. The monoisotopic (exact) mass is 515 g/mol. The molecule has 2 N–H and O–H groups in total. The normalized spacial score (nSPS) is 14.4. The van der Waals surface area contributed by atoms with Gasteiger partial charge in [0, 0.05) is 36.8 Å². The number of fused-ring (bicyclic) bond motifs is 1. The highest BCUT2D eigenvalue weighted by Crippen LogP contribution is 2.35. The standard InChI is InChI=1S/C26H28F3N5O3/c1-2-37-22(35)16-32-25(36)34-12-10-17(11-13-34)14-30-24-19-8-9-21(26(27,28)29)33-23(19)20(15-31-24)18-6-4-3-5-7-18/h3-9,15,17H,2,10-14,16H2,1H3,(H,30,31)(H,32,36). The first-order chi connectivity index (χ1) is 17.8. The number of aromatic nitrogens is 2. The van der Waals surface area contributed by atoms with E-state index in [4.69, 9.17) is 4.74 Å². The van der Waals surface area contributed by atoms with Crippen LogP contribution in [0.4, 0.5) is 23.8 Å². The topological polar surface area (TPSA) is 96.5 Å². The van der Waals surface area contributed by atoms with Crippen LogP contribution in [0.3, 0.4) is 0 Å². The number of halogens is 3. The Morgan fingerprint density at radius 2 is 1.84 bits per heavy atom. The van der Waals surface area contributed by atoms with Gasteiger partial charge in [0.25, 0.3) is 0 Å². The van der Waals surface area contributed by atoms with E-state index in [9.17, 15) is 22.8 Å². The maximum absolute atomic E-state index is 13.4. The minimum absolute atomic E-state index is 0.171. The summed E-state index contributed by atoms with van der Waals surface area (Å²) in [7, 11) is 0. The number of hydrogen-bond acceptors (Lipinski definition) is 6. The number of piperidine rings is 1. The van der Waals surface area contributed by atoms with Crippen molar-refractivity contribution in [1.82, 2.24) is 20.2 Å². The molecule has 3 aromatic rings. The minimum atomic E-state index is -4.56.